The molecule has 0 aromatic heterocycles. The van der Waals surface area contributed by atoms with Gasteiger partial charge >= 0.3 is 0 Å². The Balaban J connectivity index is 2.18. The summed E-state index contributed by atoms with van der Waals surface area (Å²) in [5, 5.41) is 2.58. The summed E-state index contributed by atoms with van der Waals surface area (Å²) in [7, 11) is 0. The molecule has 0 radical (unpaired) electrons. The van der Waals surface area contributed by atoms with Gasteiger partial charge in [0.1, 0.15) is 11.6 Å². The first-order valence-electron chi connectivity index (χ1n) is 6.07. The van der Waals surface area contributed by atoms with Crippen LogP contribution in [0.4, 0.5) is 20.2 Å². The van der Waals surface area contributed by atoms with Crippen molar-refractivity contribution in [3.05, 3.63) is 59.2 Å². The van der Waals surface area contributed by atoms with E-state index in [4.69, 9.17) is 5.73 Å². The van der Waals surface area contributed by atoms with Crippen LogP contribution in [-0.4, -0.2) is 5.91 Å². The number of nitrogens with one attached hydrogen (secondary N) is 1. The first kappa shape index (κ1) is 14.0. The summed E-state index contributed by atoms with van der Waals surface area (Å²) >= 11 is 0. The van der Waals surface area contributed by atoms with Crippen LogP contribution < -0.4 is 11.1 Å². The van der Waals surface area contributed by atoms with Crippen LogP contribution in [0.25, 0.3) is 0 Å². The minimum atomic E-state index is -0.738. The number of amides is 1. The smallest absolute Gasteiger partial charge is 0.229 e. The van der Waals surface area contributed by atoms with E-state index in [1.54, 1.807) is 25.1 Å². The molecule has 3 nitrogen and oxygen atoms in total. The second-order valence-electron chi connectivity index (χ2n) is 4.46. The lowest BCUT2D eigenvalue weighted by molar-refractivity contribution is -0.115. The Labute approximate surface area is 115 Å². The predicted molar refractivity (Wildman–Crippen MR) is 74.3 cm³/mol. The zero-order valence-corrected chi connectivity index (χ0v) is 10.9. The Bertz CT molecular complexity index is 560. The number of hydrogen-bond acceptors (Lipinski definition) is 2. The summed E-state index contributed by atoms with van der Waals surface area (Å²) < 4.78 is 26.9. The van der Waals surface area contributed by atoms with Crippen LogP contribution in [0.1, 0.15) is 11.1 Å². The van der Waals surface area contributed by atoms with Gasteiger partial charge in [-0.05, 0) is 30.7 Å². The van der Waals surface area contributed by atoms with E-state index in [9.17, 15) is 13.6 Å². The van der Waals surface area contributed by atoms with Crippen molar-refractivity contribution in [2.75, 3.05) is 11.1 Å². The third-order valence-electron chi connectivity index (χ3n) is 2.97. The van der Waals surface area contributed by atoms with Crippen molar-refractivity contribution in [1.29, 1.82) is 0 Å². The predicted octanol–water partition coefficient (Wildman–Crippen LogP) is 3.04. The number of carbonyl (C=O) groups excluding carboxylic acids is 1. The largest absolute Gasteiger partial charge is 0.397 e. The lowest BCUT2D eigenvalue weighted by Crippen LogP contribution is -2.17. The van der Waals surface area contributed by atoms with Crippen LogP contribution in [0.3, 0.4) is 0 Å². The van der Waals surface area contributed by atoms with E-state index in [0.29, 0.717) is 11.4 Å². The van der Waals surface area contributed by atoms with E-state index in [0.717, 1.165) is 17.7 Å². The molecule has 0 bridgehead atoms. The molecular weight excluding hydrogens is 262 g/mol. The minimum Gasteiger partial charge on any atom is -0.397 e. The van der Waals surface area contributed by atoms with Gasteiger partial charge in [0.15, 0.2) is 0 Å². The van der Waals surface area contributed by atoms with Gasteiger partial charge in [0.25, 0.3) is 0 Å². The van der Waals surface area contributed by atoms with Crippen molar-refractivity contribution in [3.63, 3.8) is 0 Å². The topological polar surface area (TPSA) is 55.1 Å². The number of para-hydroxylation sites is 1. The zero-order valence-electron chi connectivity index (χ0n) is 10.9. The normalized spacial score (nSPS) is 10.3. The lowest BCUT2D eigenvalue weighted by atomic mass is 10.1. The molecule has 0 aliphatic rings. The fourth-order valence-corrected chi connectivity index (χ4v) is 1.91. The molecule has 0 spiro atoms. The van der Waals surface area contributed by atoms with E-state index < -0.39 is 17.5 Å². The fraction of sp³-hybridized carbons (Fsp3) is 0.133. The monoisotopic (exact) mass is 276 g/mol. The molecule has 0 saturated carbocycles. The number of halogens is 2. The molecule has 20 heavy (non-hydrogen) atoms. The number of nitrogen functional groups attached to an aromatic ring is 1. The van der Waals surface area contributed by atoms with E-state index in [2.05, 4.69) is 5.32 Å². The molecule has 0 unspecified atom stereocenters. The summed E-state index contributed by atoms with van der Waals surface area (Å²) in [4.78, 5) is 11.9. The Morgan fingerprint density at radius 3 is 2.35 bits per heavy atom. The number of benzene rings is 2. The lowest BCUT2D eigenvalue weighted by Gasteiger charge is -2.11. The highest BCUT2D eigenvalue weighted by Crippen LogP contribution is 2.23. The maximum atomic E-state index is 13.5. The molecule has 2 rings (SSSR count). The third kappa shape index (κ3) is 2.93. The summed E-state index contributed by atoms with van der Waals surface area (Å²) in [6.45, 7) is 1.79. The standard InChI is InChI=1S/C15H14F2N2O/c1-9-4-2-7-13(18)15(9)19-14(20)8-10-11(16)5-3-6-12(10)17/h2-7H,8,18H2,1H3,(H,19,20). The molecule has 0 aliphatic carbocycles. The summed E-state index contributed by atoms with van der Waals surface area (Å²) in [6, 6.07) is 8.69. The maximum absolute atomic E-state index is 13.5. The Hall–Kier alpha value is -2.43. The van der Waals surface area contributed by atoms with E-state index in [-0.39, 0.29) is 12.0 Å². The number of hydrogen-bond donors (Lipinski definition) is 2. The van der Waals surface area contributed by atoms with E-state index in [1.807, 2.05) is 0 Å². The molecular formula is C15H14F2N2O. The average molecular weight is 276 g/mol. The molecule has 0 aliphatic heterocycles. The molecule has 2 aromatic rings. The highest BCUT2D eigenvalue weighted by Gasteiger charge is 2.14. The van der Waals surface area contributed by atoms with Gasteiger partial charge in [-0.25, -0.2) is 8.78 Å². The fourth-order valence-electron chi connectivity index (χ4n) is 1.91. The van der Waals surface area contributed by atoms with Crippen LogP contribution in [0.5, 0.6) is 0 Å². The average Bonchev–Trinajstić information content (AvgIpc) is 2.39. The number of nitrogens with two attached hydrogens (primary N) is 1. The molecule has 1 amide bonds. The summed E-state index contributed by atoms with van der Waals surface area (Å²) in [5.41, 5.74) is 7.17. The van der Waals surface area contributed by atoms with Gasteiger partial charge in [0.2, 0.25) is 5.91 Å². The van der Waals surface area contributed by atoms with Gasteiger partial charge < -0.3 is 11.1 Å². The van der Waals surface area contributed by atoms with Crippen LogP contribution in [-0.2, 0) is 11.2 Å². The van der Waals surface area contributed by atoms with E-state index >= 15 is 0 Å². The molecule has 0 atom stereocenters. The number of anilines is 2. The number of rotatable bonds is 3. The van der Waals surface area contributed by atoms with Gasteiger partial charge in [-0.1, -0.05) is 18.2 Å². The molecule has 0 saturated heterocycles. The van der Waals surface area contributed by atoms with Gasteiger partial charge in [0.05, 0.1) is 17.8 Å². The van der Waals surface area contributed by atoms with Gasteiger partial charge in [0, 0.05) is 5.56 Å². The Morgan fingerprint density at radius 1 is 1.15 bits per heavy atom. The van der Waals surface area contributed by atoms with Crippen molar-refractivity contribution < 1.29 is 13.6 Å². The van der Waals surface area contributed by atoms with Gasteiger partial charge in [-0.15, -0.1) is 0 Å². The van der Waals surface area contributed by atoms with Crippen molar-refractivity contribution >= 4 is 17.3 Å². The van der Waals surface area contributed by atoms with Crippen LogP contribution >= 0.6 is 0 Å². The summed E-state index contributed by atoms with van der Waals surface area (Å²) in [6.07, 6.45) is -0.383. The summed E-state index contributed by atoms with van der Waals surface area (Å²) in [5.74, 6) is -1.99. The Morgan fingerprint density at radius 2 is 1.75 bits per heavy atom. The molecule has 104 valence electrons. The third-order valence-corrected chi connectivity index (χ3v) is 2.97. The highest BCUT2D eigenvalue weighted by molar-refractivity contribution is 5.96. The molecule has 0 heterocycles. The zero-order chi connectivity index (χ0) is 14.7. The molecule has 3 N–H and O–H groups in total. The first-order valence-corrected chi connectivity index (χ1v) is 6.07. The van der Waals surface area contributed by atoms with Gasteiger partial charge in [-0.2, -0.15) is 0 Å². The second kappa shape index (κ2) is 5.69. The van der Waals surface area contributed by atoms with Crippen LogP contribution in [0.15, 0.2) is 36.4 Å². The quantitative estimate of drug-likeness (QED) is 0.847. The molecule has 0 fully saturated rings. The molecule has 2 aromatic carbocycles. The van der Waals surface area contributed by atoms with Crippen molar-refractivity contribution in [2.45, 2.75) is 13.3 Å². The van der Waals surface area contributed by atoms with Crippen molar-refractivity contribution in [2.24, 2.45) is 0 Å². The second-order valence-corrected chi connectivity index (χ2v) is 4.46. The Kier molecular flexibility index (Phi) is 3.98. The maximum Gasteiger partial charge on any atom is 0.229 e. The van der Waals surface area contributed by atoms with Crippen molar-refractivity contribution in [3.8, 4) is 0 Å². The van der Waals surface area contributed by atoms with E-state index in [1.165, 1.54) is 6.07 Å². The van der Waals surface area contributed by atoms with Crippen LogP contribution in [0.2, 0.25) is 0 Å². The minimum absolute atomic E-state index is 0.253. The van der Waals surface area contributed by atoms with Crippen LogP contribution in [0, 0.1) is 18.6 Å². The SMILES string of the molecule is Cc1cccc(N)c1NC(=O)Cc1c(F)cccc1F. The highest BCUT2D eigenvalue weighted by atomic mass is 19.1. The number of carbonyl (C=O) groups is 1. The number of aryl methyl sites for hydroxylation is 1. The molecule has 5 heteroatoms. The van der Waals surface area contributed by atoms with Crippen molar-refractivity contribution in [1.82, 2.24) is 0 Å². The first-order chi connectivity index (χ1) is 9.49. The van der Waals surface area contributed by atoms with Gasteiger partial charge in [-0.3, -0.25) is 4.79 Å².